The van der Waals surface area contributed by atoms with Gasteiger partial charge in [-0.1, -0.05) is 19.1 Å². The van der Waals surface area contributed by atoms with Crippen molar-refractivity contribution in [1.82, 2.24) is 0 Å². The van der Waals surface area contributed by atoms with Gasteiger partial charge in [0.25, 0.3) is 0 Å². The molecule has 52 valence electrons. The summed E-state index contributed by atoms with van der Waals surface area (Å²) in [5.41, 5.74) is 0. The van der Waals surface area contributed by atoms with Gasteiger partial charge in [0.1, 0.15) is 0 Å². The Morgan fingerprint density at radius 1 is 1.44 bits per heavy atom. The lowest BCUT2D eigenvalue weighted by molar-refractivity contribution is 0.236. The van der Waals surface area contributed by atoms with Crippen LogP contribution in [0.15, 0.2) is 12.2 Å². The monoisotopic (exact) mass is 126 g/mol. The summed E-state index contributed by atoms with van der Waals surface area (Å²) in [5, 5.41) is 8.73. The van der Waals surface area contributed by atoms with Crippen LogP contribution < -0.4 is 0 Å². The molecule has 0 spiro atoms. The summed E-state index contributed by atoms with van der Waals surface area (Å²) in [6.07, 6.45) is 6.73. The van der Waals surface area contributed by atoms with Crippen LogP contribution in [-0.2, 0) is 0 Å². The van der Waals surface area contributed by atoms with Crippen LogP contribution >= 0.6 is 0 Å². The van der Waals surface area contributed by atoms with Crippen LogP contribution in [0.2, 0.25) is 0 Å². The molecule has 1 heteroatoms. The van der Waals surface area contributed by atoms with Crippen LogP contribution in [0, 0.1) is 11.8 Å². The molecule has 0 radical (unpaired) electrons. The van der Waals surface area contributed by atoms with Crippen LogP contribution in [0.1, 0.15) is 19.8 Å². The van der Waals surface area contributed by atoms with Gasteiger partial charge in [-0.2, -0.15) is 0 Å². The summed E-state index contributed by atoms with van der Waals surface area (Å²) < 4.78 is 0. The maximum absolute atomic E-state index is 8.73. The molecule has 0 aromatic heterocycles. The molecule has 1 rings (SSSR count). The first-order valence-corrected chi connectivity index (χ1v) is 3.62. The van der Waals surface area contributed by atoms with E-state index in [2.05, 4.69) is 19.1 Å². The zero-order valence-electron chi connectivity index (χ0n) is 5.88. The van der Waals surface area contributed by atoms with Gasteiger partial charge < -0.3 is 5.11 Å². The predicted molar refractivity (Wildman–Crippen MR) is 38.1 cm³/mol. The third-order valence-corrected chi connectivity index (χ3v) is 1.94. The van der Waals surface area contributed by atoms with Gasteiger partial charge in [0.05, 0.1) is 0 Å². The highest BCUT2D eigenvalue weighted by molar-refractivity contribution is 4.96. The number of allylic oxidation sites excluding steroid dienone is 1. The summed E-state index contributed by atoms with van der Waals surface area (Å²) in [5.74, 6) is 1.17. The average molecular weight is 126 g/mol. The molecule has 9 heavy (non-hydrogen) atoms. The minimum Gasteiger partial charge on any atom is -0.396 e. The average Bonchev–Trinajstić information content (AvgIpc) is 1.90. The first-order chi connectivity index (χ1) is 4.33. The highest BCUT2D eigenvalue weighted by Gasteiger charge is 2.10. The Hall–Kier alpha value is -0.300. The third kappa shape index (κ3) is 1.83. The maximum atomic E-state index is 8.73. The molecule has 0 aromatic carbocycles. The van der Waals surface area contributed by atoms with Gasteiger partial charge in [-0.3, -0.25) is 0 Å². The largest absolute Gasteiger partial charge is 0.396 e. The Balaban J connectivity index is 2.38. The zero-order chi connectivity index (χ0) is 6.69. The maximum Gasteiger partial charge on any atom is 0.0493 e. The third-order valence-electron chi connectivity index (χ3n) is 1.94. The molecule has 0 amide bonds. The van der Waals surface area contributed by atoms with E-state index in [0.717, 1.165) is 12.3 Å². The van der Waals surface area contributed by atoms with Crippen molar-refractivity contribution in [2.75, 3.05) is 6.61 Å². The normalized spacial score (nSPS) is 34.9. The SMILES string of the molecule is C[C@H]1C=C[C@@H](CO)CC1. The van der Waals surface area contributed by atoms with Gasteiger partial charge >= 0.3 is 0 Å². The Bertz CT molecular complexity index is 107. The van der Waals surface area contributed by atoms with Gasteiger partial charge in [-0.05, 0) is 24.7 Å². The second kappa shape index (κ2) is 3.02. The summed E-state index contributed by atoms with van der Waals surface area (Å²) in [6, 6.07) is 0. The lowest BCUT2D eigenvalue weighted by Gasteiger charge is -2.17. The second-order valence-electron chi connectivity index (χ2n) is 2.88. The molecule has 0 aromatic rings. The number of aliphatic hydroxyl groups excluding tert-OH is 1. The predicted octanol–water partition coefficient (Wildman–Crippen LogP) is 1.58. The van der Waals surface area contributed by atoms with E-state index in [-0.39, 0.29) is 0 Å². The topological polar surface area (TPSA) is 20.2 Å². The van der Waals surface area contributed by atoms with Gasteiger partial charge in [0.15, 0.2) is 0 Å². The fraction of sp³-hybridized carbons (Fsp3) is 0.750. The molecule has 1 N–H and O–H groups in total. The van der Waals surface area contributed by atoms with E-state index in [0.29, 0.717) is 12.5 Å². The van der Waals surface area contributed by atoms with Crippen LogP contribution in [0.4, 0.5) is 0 Å². The van der Waals surface area contributed by atoms with Crippen molar-refractivity contribution in [3.8, 4) is 0 Å². The molecule has 0 heterocycles. The summed E-state index contributed by atoms with van der Waals surface area (Å²) >= 11 is 0. The Morgan fingerprint density at radius 2 is 2.22 bits per heavy atom. The van der Waals surface area contributed by atoms with Gasteiger partial charge in [-0.15, -0.1) is 0 Å². The Morgan fingerprint density at radius 3 is 2.67 bits per heavy atom. The fourth-order valence-electron chi connectivity index (χ4n) is 1.17. The van der Waals surface area contributed by atoms with Crippen molar-refractivity contribution >= 4 is 0 Å². The molecule has 0 aliphatic heterocycles. The van der Waals surface area contributed by atoms with Gasteiger partial charge in [0.2, 0.25) is 0 Å². The first-order valence-electron chi connectivity index (χ1n) is 3.62. The molecule has 1 aliphatic carbocycles. The zero-order valence-corrected chi connectivity index (χ0v) is 5.88. The summed E-state index contributed by atoms with van der Waals surface area (Å²) in [4.78, 5) is 0. The summed E-state index contributed by atoms with van der Waals surface area (Å²) in [7, 11) is 0. The first kappa shape index (κ1) is 6.81. The molecule has 1 aliphatic rings. The Kier molecular flexibility index (Phi) is 2.29. The number of hydrogen-bond donors (Lipinski definition) is 1. The van der Waals surface area contributed by atoms with E-state index in [1.807, 2.05) is 0 Å². The molecular formula is C8H14O. The quantitative estimate of drug-likeness (QED) is 0.529. The van der Waals surface area contributed by atoms with E-state index in [1.165, 1.54) is 6.42 Å². The molecule has 0 fully saturated rings. The van der Waals surface area contributed by atoms with Crippen LogP contribution in [0.25, 0.3) is 0 Å². The molecular weight excluding hydrogens is 112 g/mol. The van der Waals surface area contributed by atoms with E-state index < -0.39 is 0 Å². The highest BCUT2D eigenvalue weighted by Crippen LogP contribution is 2.20. The van der Waals surface area contributed by atoms with Crippen LogP contribution in [0.5, 0.6) is 0 Å². The lowest BCUT2D eigenvalue weighted by atomic mass is 9.90. The lowest BCUT2D eigenvalue weighted by Crippen LogP contribution is -2.09. The number of hydrogen-bond acceptors (Lipinski definition) is 1. The number of rotatable bonds is 1. The van der Waals surface area contributed by atoms with Gasteiger partial charge in [-0.25, -0.2) is 0 Å². The van der Waals surface area contributed by atoms with Crippen molar-refractivity contribution in [2.45, 2.75) is 19.8 Å². The molecule has 2 atom stereocenters. The molecule has 0 saturated heterocycles. The molecule has 0 unspecified atom stereocenters. The Labute approximate surface area is 56.4 Å². The minimum atomic E-state index is 0.323. The van der Waals surface area contributed by atoms with Crippen molar-refractivity contribution in [3.63, 3.8) is 0 Å². The van der Waals surface area contributed by atoms with Crippen molar-refractivity contribution < 1.29 is 5.11 Å². The van der Waals surface area contributed by atoms with E-state index in [4.69, 9.17) is 5.11 Å². The number of aliphatic hydroxyl groups is 1. The van der Waals surface area contributed by atoms with Crippen molar-refractivity contribution in [1.29, 1.82) is 0 Å². The van der Waals surface area contributed by atoms with Gasteiger partial charge in [0, 0.05) is 6.61 Å². The van der Waals surface area contributed by atoms with E-state index >= 15 is 0 Å². The molecule has 0 bridgehead atoms. The highest BCUT2D eigenvalue weighted by atomic mass is 16.3. The van der Waals surface area contributed by atoms with E-state index in [9.17, 15) is 0 Å². The summed E-state index contributed by atoms with van der Waals surface area (Å²) in [6.45, 7) is 2.54. The van der Waals surface area contributed by atoms with Crippen LogP contribution in [-0.4, -0.2) is 11.7 Å². The standard InChI is InChI=1S/C8H14O/c1-7-2-4-8(6-9)5-3-7/h2,4,7-9H,3,5-6H2,1H3/t7-,8+/m0/s1. The fourth-order valence-corrected chi connectivity index (χ4v) is 1.17. The van der Waals surface area contributed by atoms with E-state index in [1.54, 1.807) is 0 Å². The van der Waals surface area contributed by atoms with Crippen molar-refractivity contribution in [2.24, 2.45) is 11.8 Å². The minimum absolute atomic E-state index is 0.323. The molecule has 1 nitrogen and oxygen atoms in total. The molecule has 0 saturated carbocycles. The van der Waals surface area contributed by atoms with Crippen molar-refractivity contribution in [3.05, 3.63) is 12.2 Å². The smallest absolute Gasteiger partial charge is 0.0493 e. The van der Waals surface area contributed by atoms with Crippen LogP contribution in [0.3, 0.4) is 0 Å². The second-order valence-corrected chi connectivity index (χ2v) is 2.88.